The quantitative estimate of drug-likeness (QED) is 0.467. The number of hydrogen-bond donors (Lipinski definition) is 0. The van der Waals surface area contributed by atoms with Gasteiger partial charge in [-0.2, -0.15) is 0 Å². The molecule has 6 heteroatoms. The smallest absolute Gasteiger partial charge is 0.410 e. The number of halogens is 1. The Kier molecular flexibility index (Phi) is 5.85. The van der Waals surface area contributed by atoms with E-state index in [9.17, 15) is 9.59 Å². The van der Waals surface area contributed by atoms with Crippen LogP contribution in [0.5, 0.6) is 0 Å². The highest BCUT2D eigenvalue weighted by Crippen LogP contribution is 2.40. The van der Waals surface area contributed by atoms with Crippen molar-refractivity contribution in [2.24, 2.45) is 11.8 Å². The Morgan fingerprint density at radius 2 is 1.61 bits per heavy atom. The van der Waals surface area contributed by atoms with Crippen molar-refractivity contribution >= 4 is 34.7 Å². The summed E-state index contributed by atoms with van der Waals surface area (Å²) in [5, 5.41) is 0. The molecule has 2 aromatic carbocycles. The van der Waals surface area contributed by atoms with Gasteiger partial charge < -0.3 is 14.4 Å². The van der Waals surface area contributed by atoms with E-state index in [0.717, 1.165) is 22.0 Å². The number of carbonyl (C=O) groups excluding carboxylic acids is 2. The molecule has 0 unspecified atom stereocenters. The summed E-state index contributed by atoms with van der Waals surface area (Å²) in [6.45, 7) is 1.65. The van der Waals surface area contributed by atoms with E-state index in [0.29, 0.717) is 37.1 Å². The van der Waals surface area contributed by atoms with Crippen LogP contribution in [0.15, 0.2) is 54.6 Å². The second-order valence-corrected chi connectivity index (χ2v) is 8.72. The molecule has 1 aliphatic carbocycles. The zero-order chi connectivity index (χ0) is 19.5. The molecule has 2 aromatic rings. The molecular weight excluding hydrogens is 469 g/mol. The molecule has 1 saturated carbocycles. The predicted molar refractivity (Wildman–Crippen MR) is 113 cm³/mol. The highest BCUT2D eigenvalue weighted by atomic mass is 127. The van der Waals surface area contributed by atoms with Crippen molar-refractivity contribution in [2.75, 3.05) is 13.1 Å². The number of amides is 1. The molecule has 0 bridgehead atoms. The number of carbonyl (C=O) groups is 2. The number of esters is 1. The van der Waals surface area contributed by atoms with Gasteiger partial charge in [0.15, 0.2) is 0 Å². The third-order valence-corrected chi connectivity index (χ3v) is 6.24. The number of fused-ring (bicyclic) bond motifs is 1. The van der Waals surface area contributed by atoms with Crippen molar-refractivity contribution in [2.45, 2.75) is 25.6 Å². The van der Waals surface area contributed by atoms with Crippen LogP contribution in [0, 0.1) is 15.4 Å². The van der Waals surface area contributed by atoms with Crippen molar-refractivity contribution in [3.05, 3.63) is 69.3 Å². The lowest BCUT2D eigenvalue weighted by molar-refractivity contribution is 0.0287. The van der Waals surface area contributed by atoms with Crippen LogP contribution in [0.4, 0.5) is 4.79 Å². The van der Waals surface area contributed by atoms with Gasteiger partial charge in [0.05, 0.1) is 5.56 Å². The van der Waals surface area contributed by atoms with Crippen molar-refractivity contribution < 1.29 is 19.1 Å². The molecule has 1 aliphatic heterocycles. The van der Waals surface area contributed by atoms with E-state index >= 15 is 0 Å². The first-order valence-corrected chi connectivity index (χ1v) is 10.6. The van der Waals surface area contributed by atoms with Crippen LogP contribution in [0.2, 0.25) is 0 Å². The lowest BCUT2D eigenvalue weighted by Crippen LogP contribution is -2.31. The summed E-state index contributed by atoms with van der Waals surface area (Å²) in [6, 6.07) is 17.1. The summed E-state index contributed by atoms with van der Waals surface area (Å²) in [5.41, 5.74) is 1.57. The first-order valence-electron chi connectivity index (χ1n) is 9.50. The third kappa shape index (κ3) is 4.48. The molecule has 146 valence electrons. The molecular formula is C22H22INO4. The minimum Gasteiger partial charge on any atom is -0.459 e. The zero-order valence-electron chi connectivity index (χ0n) is 15.4. The van der Waals surface area contributed by atoms with E-state index in [4.69, 9.17) is 9.47 Å². The number of hydrogen-bond acceptors (Lipinski definition) is 4. The van der Waals surface area contributed by atoms with Crippen LogP contribution in [-0.4, -0.2) is 36.2 Å². The van der Waals surface area contributed by atoms with Crippen molar-refractivity contribution in [1.29, 1.82) is 0 Å². The SMILES string of the molecule is O=C(O[C@H]1C[C@@H]2CN(C(=O)OCc3ccccc3)C[C@@H]2C1)c1ccc(I)cc1. The Balaban J connectivity index is 1.24. The zero-order valence-corrected chi connectivity index (χ0v) is 17.6. The van der Waals surface area contributed by atoms with E-state index in [-0.39, 0.29) is 18.2 Å². The average molecular weight is 491 g/mol. The summed E-state index contributed by atoms with van der Waals surface area (Å²) < 4.78 is 12.2. The summed E-state index contributed by atoms with van der Waals surface area (Å²) in [5.74, 6) is 0.484. The second kappa shape index (κ2) is 8.51. The molecule has 28 heavy (non-hydrogen) atoms. The highest BCUT2D eigenvalue weighted by molar-refractivity contribution is 14.1. The molecule has 1 heterocycles. The summed E-state index contributed by atoms with van der Waals surface area (Å²) in [6.07, 6.45) is 1.29. The minimum atomic E-state index is -0.263. The maximum atomic E-state index is 12.3. The fourth-order valence-corrected chi connectivity index (χ4v) is 4.47. The maximum Gasteiger partial charge on any atom is 0.410 e. The number of nitrogens with zero attached hydrogens (tertiary/aromatic N) is 1. The molecule has 2 aliphatic rings. The third-order valence-electron chi connectivity index (χ3n) is 5.52. The Morgan fingerprint density at radius 3 is 2.25 bits per heavy atom. The number of rotatable bonds is 4. The van der Waals surface area contributed by atoms with Gasteiger partial charge in [0, 0.05) is 16.7 Å². The molecule has 5 nitrogen and oxygen atoms in total. The van der Waals surface area contributed by atoms with E-state index in [2.05, 4.69) is 22.6 Å². The Hall–Kier alpha value is -2.09. The molecule has 1 saturated heterocycles. The van der Waals surface area contributed by atoms with Gasteiger partial charge in [-0.25, -0.2) is 9.59 Å². The van der Waals surface area contributed by atoms with E-state index in [1.165, 1.54) is 0 Å². The van der Waals surface area contributed by atoms with E-state index in [1.807, 2.05) is 42.5 Å². The Morgan fingerprint density at radius 1 is 0.964 bits per heavy atom. The molecule has 2 fully saturated rings. The summed E-state index contributed by atoms with van der Waals surface area (Å²) in [4.78, 5) is 26.4. The standard InChI is InChI=1S/C22H22INO4/c23-19-8-6-16(7-9-19)21(25)28-20-10-17-12-24(13-18(17)11-20)22(26)27-14-15-4-2-1-3-5-15/h1-9,17-18,20H,10-14H2/t17-,18+,20+. The van der Waals surface area contributed by atoms with Gasteiger partial charge >= 0.3 is 12.1 Å². The first kappa shape index (κ1) is 19.2. The molecule has 1 amide bonds. The Labute approximate surface area is 178 Å². The van der Waals surface area contributed by atoms with Gasteiger partial charge in [-0.3, -0.25) is 0 Å². The summed E-state index contributed by atoms with van der Waals surface area (Å²) >= 11 is 2.21. The topological polar surface area (TPSA) is 55.8 Å². The Bertz CT molecular complexity index is 825. The van der Waals surface area contributed by atoms with Crippen LogP contribution in [-0.2, 0) is 16.1 Å². The van der Waals surface area contributed by atoms with Gasteiger partial charge in [-0.15, -0.1) is 0 Å². The second-order valence-electron chi connectivity index (χ2n) is 7.47. The van der Waals surface area contributed by atoms with Gasteiger partial charge in [0.25, 0.3) is 0 Å². The monoisotopic (exact) mass is 491 g/mol. The van der Waals surface area contributed by atoms with E-state index < -0.39 is 0 Å². The number of likely N-dealkylation sites (tertiary alicyclic amines) is 1. The number of ether oxygens (including phenoxy) is 2. The van der Waals surface area contributed by atoms with Crippen LogP contribution >= 0.6 is 22.6 Å². The maximum absolute atomic E-state index is 12.3. The van der Waals surface area contributed by atoms with Crippen molar-refractivity contribution in [3.63, 3.8) is 0 Å². The molecule has 0 radical (unpaired) electrons. The molecule has 4 rings (SSSR count). The average Bonchev–Trinajstić information content (AvgIpc) is 3.26. The van der Waals surface area contributed by atoms with Crippen LogP contribution in [0.3, 0.4) is 0 Å². The highest BCUT2D eigenvalue weighted by Gasteiger charge is 2.44. The first-order chi connectivity index (χ1) is 13.6. The number of benzene rings is 2. The molecule has 3 atom stereocenters. The largest absolute Gasteiger partial charge is 0.459 e. The molecule has 0 aromatic heterocycles. The molecule has 0 spiro atoms. The van der Waals surface area contributed by atoms with Gasteiger partial charge in [0.2, 0.25) is 0 Å². The van der Waals surface area contributed by atoms with E-state index in [1.54, 1.807) is 17.0 Å². The van der Waals surface area contributed by atoms with Gasteiger partial charge in [-0.05, 0) is 77.1 Å². The van der Waals surface area contributed by atoms with Crippen LogP contribution in [0.25, 0.3) is 0 Å². The normalized spacial score (nSPS) is 23.3. The van der Waals surface area contributed by atoms with Gasteiger partial charge in [0.1, 0.15) is 12.7 Å². The lowest BCUT2D eigenvalue weighted by atomic mass is 10.0. The minimum absolute atomic E-state index is 0.0655. The predicted octanol–water partition coefficient (Wildman–Crippen LogP) is 4.50. The fourth-order valence-electron chi connectivity index (χ4n) is 4.11. The van der Waals surface area contributed by atoms with Crippen molar-refractivity contribution in [1.82, 2.24) is 4.90 Å². The van der Waals surface area contributed by atoms with Crippen LogP contribution < -0.4 is 0 Å². The van der Waals surface area contributed by atoms with Crippen LogP contribution in [0.1, 0.15) is 28.8 Å². The fraction of sp³-hybridized carbons (Fsp3) is 0.364. The lowest BCUT2D eigenvalue weighted by Gasteiger charge is -2.19. The van der Waals surface area contributed by atoms with Gasteiger partial charge in [-0.1, -0.05) is 30.3 Å². The van der Waals surface area contributed by atoms with Crippen molar-refractivity contribution in [3.8, 4) is 0 Å². The summed E-state index contributed by atoms with van der Waals surface area (Å²) in [7, 11) is 0. The molecule has 0 N–H and O–H groups in total.